The van der Waals surface area contributed by atoms with Crippen LogP contribution < -0.4 is 0 Å². The molecule has 0 unspecified atom stereocenters. The Morgan fingerprint density at radius 3 is 1.56 bits per heavy atom. The number of carbonyl (C=O) groups is 1. The molecule has 5 aromatic carbocycles. The van der Waals surface area contributed by atoms with Gasteiger partial charge in [0.05, 0.1) is 0 Å². The van der Waals surface area contributed by atoms with Gasteiger partial charge in [0.2, 0.25) is 0 Å². The third-order valence-electron chi connectivity index (χ3n) is 7.42. The highest BCUT2D eigenvalue weighted by molar-refractivity contribution is 6.09. The molecule has 1 nitrogen and oxygen atoms in total. The standard InChI is InChI=1S/C16H16O.C13H14.C9H12/c1-11-5-4-6-14(9-11)16(17)15-8-7-12(2)13(3)10-15;1-9-5-4-6-12-7-10(2)11(3)8-13(9)12;1-7-4-5-8(2)9(3)6-7/h4-10H,1-3H3;4-8H,1-3H3;4-6H,1-3H3. The SMILES string of the molecule is Cc1cc2cccc(C)c2cc1C.Cc1ccc(C)c(C)c1.Cc1cccc(C(=O)c2ccc(C)c(C)c2)c1. The second kappa shape index (κ2) is 13.2. The van der Waals surface area contributed by atoms with Gasteiger partial charge in [-0.1, -0.05) is 90.0 Å². The van der Waals surface area contributed by atoms with Crippen LogP contribution in [0.4, 0.5) is 0 Å². The van der Waals surface area contributed by atoms with Crippen LogP contribution in [-0.4, -0.2) is 5.78 Å². The lowest BCUT2D eigenvalue weighted by Gasteiger charge is -2.05. The smallest absolute Gasteiger partial charge is 0.193 e. The highest BCUT2D eigenvalue weighted by Gasteiger charge is 2.09. The minimum atomic E-state index is 0.0943. The van der Waals surface area contributed by atoms with Crippen LogP contribution in [-0.2, 0) is 0 Å². The molecule has 0 saturated carbocycles. The normalized spacial score (nSPS) is 10.3. The third-order valence-corrected chi connectivity index (χ3v) is 7.42. The van der Waals surface area contributed by atoms with Crippen molar-refractivity contribution in [3.63, 3.8) is 0 Å². The summed E-state index contributed by atoms with van der Waals surface area (Å²) in [5.74, 6) is 0.0943. The number of carbonyl (C=O) groups excluding carboxylic acids is 1. The molecule has 200 valence electrons. The first-order chi connectivity index (χ1) is 18.5. The topological polar surface area (TPSA) is 17.1 Å². The van der Waals surface area contributed by atoms with Crippen molar-refractivity contribution in [3.05, 3.63) is 152 Å². The molecule has 0 aromatic heterocycles. The Kier molecular flexibility index (Phi) is 10.0. The molecule has 0 radical (unpaired) electrons. The number of fused-ring (bicyclic) bond motifs is 1. The molecule has 5 aromatic rings. The Morgan fingerprint density at radius 1 is 0.410 bits per heavy atom. The van der Waals surface area contributed by atoms with Gasteiger partial charge in [0.1, 0.15) is 0 Å². The third kappa shape index (κ3) is 8.01. The average Bonchev–Trinajstić information content (AvgIpc) is 2.90. The van der Waals surface area contributed by atoms with E-state index in [4.69, 9.17) is 0 Å². The molecule has 0 heterocycles. The van der Waals surface area contributed by atoms with Crippen LogP contribution in [0.2, 0.25) is 0 Å². The van der Waals surface area contributed by atoms with Crippen LogP contribution >= 0.6 is 0 Å². The molecule has 0 atom stereocenters. The fourth-order valence-electron chi connectivity index (χ4n) is 4.43. The van der Waals surface area contributed by atoms with Crippen LogP contribution in [0.25, 0.3) is 10.8 Å². The van der Waals surface area contributed by atoms with Gasteiger partial charge in [-0.05, 0) is 124 Å². The Labute approximate surface area is 235 Å². The van der Waals surface area contributed by atoms with E-state index in [1.807, 2.05) is 56.3 Å². The van der Waals surface area contributed by atoms with Crippen molar-refractivity contribution in [1.29, 1.82) is 0 Å². The van der Waals surface area contributed by atoms with E-state index in [2.05, 4.69) is 97.0 Å². The number of hydrogen-bond acceptors (Lipinski definition) is 1. The Hall–Kier alpha value is -3.97. The van der Waals surface area contributed by atoms with Gasteiger partial charge in [-0.25, -0.2) is 0 Å². The number of ketones is 1. The maximum atomic E-state index is 12.3. The minimum Gasteiger partial charge on any atom is -0.289 e. The molecule has 0 saturated heterocycles. The zero-order valence-corrected chi connectivity index (χ0v) is 25.1. The first kappa shape index (κ1) is 29.6. The van der Waals surface area contributed by atoms with E-state index in [0.717, 1.165) is 22.3 Å². The summed E-state index contributed by atoms with van der Waals surface area (Å²) in [5, 5.41) is 2.73. The van der Waals surface area contributed by atoms with E-state index in [-0.39, 0.29) is 5.78 Å². The molecular formula is C38H42O. The minimum absolute atomic E-state index is 0.0943. The lowest BCUT2D eigenvalue weighted by molar-refractivity contribution is 0.103. The highest BCUT2D eigenvalue weighted by atomic mass is 16.1. The quantitative estimate of drug-likeness (QED) is 0.214. The van der Waals surface area contributed by atoms with Crippen molar-refractivity contribution in [2.75, 3.05) is 0 Å². The summed E-state index contributed by atoms with van der Waals surface area (Å²) in [5.41, 5.74) is 13.2. The van der Waals surface area contributed by atoms with Crippen molar-refractivity contribution in [1.82, 2.24) is 0 Å². The van der Waals surface area contributed by atoms with E-state index < -0.39 is 0 Å². The molecule has 0 spiro atoms. The molecular weight excluding hydrogens is 472 g/mol. The zero-order valence-electron chi connectivity index (χ0n) is 25.1. The molecule has 39 heavy (non-hydrogen) atoms. The van der Waals surface area contributed by atoms with E-state index in [1.54, 1.807) is 0 Å². The maximum absolute atomic E-state index is 12.3. The largest absolute Gasteiger partial charge is 0.289 e. The Morgan fingerprint density at radius 2 is 0.949 bits per heavy atom. The molecule has 5 rings (SSSR count). The van der Waals surface area contributed by atoms with Crippen LogP contribution in [0.1, 0.15) is 66.0 Å². The predicted octanol–water partition coefficient (Wildman–Crippen LogP) is 10.2. The Balaban J connectivity index is 0.000000170. The van der Waals surface area contributed by atoms with Crippen molar-refractivity contribution >= 4 is 16.6 Å². The van der Waals surface area contributed by atoms with Crippen molar-refractivity contribution in [3.8, 4) is 0 Å². The number of hydrogen-bond donors (Lipinski definition) is 0. The Bertz CT molecular complexity index is 1600. The fourth-order valence-corrected chi connectivity index (χ4v) is 4.43. The summed E-state index contributed by atoms with van der Waals surface area (Å²) in [6.07, 6.45) is 0. The van der Waals surface area contributed by atoms with Crippen LogP contribution in [0, 0.1) is 62.3 Å². The highest BCUT2D eigenvalue weighted by Crippen LogP contribution is 2.22. The molecule has 1 heteroatoms. The summed E-state index contributed by atoms with van der Waals surface area (Å²) >= 11 is 0. The number of benzene rings is 5. The second-order valence-corrected chi connectivity index (χ2v) is 10.8. The summed E-state index contributed by atoms with van der Waals surface area (Å²) < 4.78 is 0. The van der Waals surface area contributed by atoms with E-state index >= 15 is 0 Å². The summed E-state index contributed by atoms with van der Waals surface area (Å²) in [6.45, 7) is 19.0. The van der Waals surface area contributed by atoms with Gasteiger partial charge < -0.3 is 0 Å². The van der Waals surface area contributed by atoms with E-state index in [9.17, 15) is 4.79 Å². The lowest BCUT2D eigenvalue weighted by Crippen LogP contribution is -2.02. The predicted molar refractivity (Wildman–Crippen MR) is 169 cm³/mol. The van der Waals surface area contributed by atoms with Gasteiger partial charge in [0, 0.05) is 11.1 Å². The fraction of sp³-hybridized carbons (Fsp3) is 0.237. The molecule has 0 amide bonds. The van der Waals surface area contributed by atoms with Gasteiger partial charge in [-0.3, -0.25) is 4.79 Å². The summed E-state index contributed by atoms with van der Waals surface area (Å²) in [4.78, 5) is 12.3. The van der Waals surface area contributed by atoms with Gasteiger partial charge in [-0.2, -0.15) is 0 Å². The van der Waals surface area contributed by atoms with Crippen molar-refractivity contribution in [2.24, 2.45) is 0 Å². The van der Waals surface area contributed by atoms with E-state index in [1.165, 1.54) is 49.7 Å². The average molecular weight is 515 g/mol. The van der Waals surface area contributed by atoms with Crippen LogP contribution in [0.3, 0.4) is 0 Å². The molecule has 0 N–H and O–H groups in total. The van der Waals surface area contributed by atoms with Gasteiger partial charge in [0.15, 0.2) is 5.78 Å². The van der Waals surface area contributed by atoms with Crippen molar-refractivity contribution < 1.29 is 4.79 Å². The summed E-state index contributed by atoms with van der Waals surface area (Å²) in [6, 6.07) is 31.1. The number of aryl methyl sites for hydroxylation is 9. The maximum Gasteiger partial charge on any atom is 0.193 e. The lowest BCUT2D eigenvalue weighted by atomic mass is 9.98. The molecule has 0 fully saturated rings. The summed E-state index contributed by atoms with van der Waals surface area (Å²) in [7, 11) is 0. The molecule has 0 aliphatic carbocycles. The van der Waals surface area contributed by atoms with Gasteiger partial charge in [-0.15, -0.1) is 0 Å². The monoisotopic (exact) mass is 514 g/mol. The van der Waals surface area contributed by atoms with Gasteiger partial charge in [0.25, 0.3) is 0 Å². The molecule has 0 bridgehead atoms. The first-order valence-corrected chi connectivity index (χ1v) is 13.7. The van der Waals surface area contributed by atoms with Crippen molar-refractivity contribution in [2.45, 2.75) is 62.3 Å². The second-order valence-electron chi connectivity index (χ2n) is 10.8. The molecule has 0 aliphatic rings. The number of rotatable bonds is 2. The first-order valence-electron chi connectivity index (χ1n) is 13.7. The molecule has 0 aliphatic heterocycles. The van der Waals surface area contributed by atoms with Gasteiger partial charge >= 0.3 is 0 Å². The zero-order chi connectivity index (χ0) is 28.7. The van der Waals surface area contributed by atoms with E-state index in [0.29, 0.717) is 0 Å². The van der Waals surface area contributed by atoms with Crippen LogP contribution in [0.15, 0.2) is 91.0 Å². The van der Waals surface area contributed by atoms with Crippen LogP contribution in [0.5, 0.6) is 0 Å².